The summed E-state index contributed by atoms with van der Waals surface area (Å²) in [4.78, 5) is 10.1. The Balaban J connectivity index is 0.000000165. The van der Waals surface area contributed by atoms with E-state index in [1.165, 1.54) is 6.07 Å². The van der Waals surface area contributed by atoms with Crippen LogP contribution in [0.5, 0.6) is 5.75 Å². The number of halogens is 1. The Morgan fingerprint density at radius 3 is 1.88 bits per heavy atom. The molecule has 16 heavy (non-hydrogen) atoms. The van der Waals surface area contributed by atoms with Crippen LogP contribution in [0.1, 0.15) is 10.4 Å². The van der Waals surface area contributed by atoms with Crippen LogP contribution in [0.15, 0.2) is 54.6 Å². The molecule has 0 heterocycles. The molecule has 0 aliphatic carbocycles. The second-order valence-electron chi connectivity index (χ2n) is 2.97. The van der Waals surface area contributed by atoms with Crippen LogP contribution in [0.3, 0.4) is 0 Å². The molecular formula is C13H11ClO2. The van der Waals surface area contributed by atoms with Crippen molar-refractivity contribution >= 4 is 17.9 Å². The van der Waals surface area contributed by atoms with Crippen molar-refractivity contribution in [3.05, 3.63) is 65.2 Å². The van der Waals surface area contributed by atoms with E-state index in [0.717, 1.165) is 5.02 Å². The van der Waals surface area contributed by atoms with Gasteiger partial charge in [-0.25, -0.2) is 0 Å². The van der Waals surface area contributed by atoms with Gasteiger partial charge < -0.3 is 5.11 Å². The van der Waals surface area contributed by atoms with Crippen molar-refractivity contribution < 1.29 is 9.90 Å². The zero-order chi connectivity index (χ0) is 11.8. The number of rotatable bonds is 1. The maximum Gasteiger partial charge on any atom is 0.153 e. The molecule has 0 saturated carbocycles. The van der Waals surface area contributed by atoms with Gasteiger partial charge in [-0.2, -0.15) is 0 Å². The van der Waals surface area contributed by atoms with E-state index in [1.54, 1.807) is 18.2 Å². The van der Waals surface area contributed by atoms with Gasteiger partial charge in [-0.3, -0.25) is 4.79 Å². The smallest absolute Gasteiger partial charge is 0.153 e. The van der Waals surface area contributed by atoms with Crippen molar-refractivity contribution in [2.24, 2.45) is 0 Å². The molecule has 3 heteroatoms. The highest BCUT2D eigenvalue weighted by Gasteiger charge is 1.93. The highest BCUT2D eigenvalue weighted by Crippen LogP contribution is 2.11. The second-order valence-corrected chi connectivity index (χ2v) is 3.41. The van der Waals surface area contributed by atoms with Gasteiger partial charge >= 0.3 is 0 Å². The third-order valence-corrected chi connectivity index (χ3v) is 2.05. The normalized spacial score (nSPS) is 8.81. The largest absolute Gasteiger partial charge is 0.507 e. The Kier molecular flexibility index (Phi) is 5.09. The van der Waals surface area contributed by atoms with Crippen molar-refractivity contribution in [1.82, 2.24) is 0 Å². The summed E-state index contributed by atoms with van der Waals surface area (Å²) in [7, 11) is 0. The first-order chi connectivity index (χ1) is 7.74. The van der Waals surface area contributed by atoms with Crippen molar-refractivity contribution in [2.45, 2.75) is 0 Å². The number of carbonyl (C=O) groups excluding carboxylic acids is 1. The average molecular weight is 235 g/mol. The van der Waals surface area contributed by atoms with Crippen LogP contribution >= 0.6 is 11.6 Å². The fraction of sp³-hybridized carbons (Fsp3) is 0. The third kappa shape index (κ3) is 4.15. The van der Waals surface area contributed by atoms with Crippen LogP contribution in [0.4, 0.5) is 0 Å². The summed E-state index contributed by atoms with van der Waals surface area (Å²) in [5.41, 5.74) is 0.331. The predicted molar refractivity (Wildman–Crippen MR) is 64.9 cm³/mol. The molecule has 2 nitrogen and oxygen atoms in total. The van der Waals surface area contributed by atoms with E-state index >= 15 is 0 Å². The highest BCUT2D eigenvalue weighted by atomic mass is 35.5. The molecule has 2 aromatic rings. The molecule has 0 fully saturated rings. The Morgan fingerprint density at radius 2 is 1.50 bits per heavy atom. The number of aromatic hydroxyl groups is 1. The van der Waals surface area contributed by atoms with Crippen LogP contribution in [0.2, 0.25) is 5.02 Å². The molecule has 0 saturated heterocycles. The van der Waals surface area contributed by atoms with Crippen LogP contribution in [0, 0.1) is 0 Å². The summed E-state index contributed by atoms with van der Waals surface area (Å²) < 4.78 is 0. The minimum absolute atomic E-state index is 0.0347. The topological polar surface area (TPSA) is 37.3 Å². The summed E-state index contributed by atoms with van der Waals surface area (Å²) >= 11 is 5.54. The van der Waals surface area contributed by atoms with E-state index in [9.17, 15) is 4.79 Å². The Labute approximate surface area is 99.1 Å². The average Bonchev–Trinajstić information content (AvgIpc) is 2.31. The molecule has 0 atom stereocenters. The van der Waals surface area contributed by atoms with Crippen molar-refractivity contribution in [3.8, 4) is 5.75 Å². The van der Waals surface area contributed by atoms with Gasteiger partial charge in [-0.1, -0.05) is 41.9 Å². The molecule has 0 bridgehead atoms. The SMILES string of the molecule is Clc1ccccc1.O=Cc1ccccc1O. The van der Waals surface area contributed by atoms with E-state index in [-0.39, 0.29) is 5.75 Å². The van der Waals surface area contributed by atoms with Gasteiger partial charge in [0, 0.05) is 5.02 Å². The molecule has 0 aliphatic heterocycles. The van der Waals surface area contributed by atoms with Gasteiger partial charge in [0.2, 0.25) is 0 Å². The zero-order valence-electron chi connectivity index (χ0n) is 8.51. The fourth-order valence-electron chi connectivity index (χ4n) is 1.00. The third-order valence-electron chi connectivity index (χ3n) is 1.80. The van der Waals surface area contributed by atoms with E-state index in [0.29, 0.717) is 11.8 Å². The first-order valence-electron chi connectivity index (χ1n) is 4.68. The number of hydrogen-bond donors (Lipinski definition) is 1. The molecule has 0 unspecified atom stereocenters. The highest BCUT2D eigenvalue weighted by molar-refractivity contribution is 6.30. The Morgan fingerprint density at radius 1 is 0.938 bits per heavy atom. The van der Waals surface area contributed by atoms with Crippen molar-refractivity contribution in [1.29, 1.82) is 0 Å². The first kappa shape index (κ1) is 12.3. The lowest BCUT2D eigenvalue weighted by Crippen LogP contribution is -1.77. The second kappa shape index (κ2) is 6.64. The predicted octanol–water partition coefficient (Wildman–Crippen LogP) is 3.54. The molecule has 2 aromatic carbocycles. The summed E-state index contributed by atoms with van der Waals surface area (Å²) in [6, 6.07) is 15.8. The number of aldehydes is 1. The number of para-hydroxylation sites is 1. The number of phenols is 1. The first-order valence-corrected chi connectivity index (χ1v) is 5.05. The number of phenolic OH excluding ortho intramolecular Hbond substituents is 1. The lowest BCUT2D eigenvalue weighted by Gasteiger charge is -1.91. The van der Waals surface area contributed by atoms with Gasteiger partial charge in [0.1, 0.15) is 5.75 Å². The van der Waals surface area contributed by atoms with Gasteiger partial charge in [0.05, 0.1) is 5.56 Å². The number of benzene rings is 2. The van der Waals surface area contributed by atoms with Gasteiger partial charge in [-0.05, 0) is 24.3 Å². The van der Waals surface area contributed by atoms with Crippen LogP contribution in [-0.2, 0) is 0 Å². The molecule has 82 valence electrons. The maximum absolute atomic E-state index is 10.1. The molecule has 0 amide bonds. The number of carbonyl (C=O) groups is 1. The van der Waals surface area contributed by atoms with Crippen molar-refractivity contribution in [3.63, 3.8) is 0 Å². The van der Waals surface area contributed by atoms with Gasteiger partial charge in [0.25, 0.3) is 0 Å². The zero-order valence-corrected chi connectivity index (χ0v) is 9.26. The summed E-state index contributed by atoms with van der Waals surface area (Å²) in [5.74, 6) is 0.0347. The standard InChI is InChI=1S/C7H6O2.C6H5Cl/c8-5-6-3-1-2-4-7(6)9;7-6-4-2-1-3-5-6/h1-5,9H;1-5H. The quantitative estimate of drug-likeness (QED) is 0.767. The van der Waals surface area contributed by atoms with Crippen LogP contribution in [0.25, 0.3) is 0 Å². The van der Waals surface area contributed by atoms with E-state index in [1.807, 2.05) is 30.3 Å². The molecule has 0 radical (unpaired) electrons. The molecule has 0 spiro atoms. The van der Waals surface area contributed by atoms with E-state index in [2.05, 4.69) is 0 Å². The molecular weight excluding hydrogens is 224 g/mol. The fourth-order valence-corrected chi connectivity index (χ4v) is 1.15. The van der Waals surface area contributed by atoms with Gasteiger partial charge in [0.15, 0.2) is 6.29 Å². The molecule has 2 rings (SSSR count). The van der Waals surface area contributed by atoms with Gasteiger partial charge in [-0.15, -0.1) is 0 Å². The monoisotopic (exact) mass is 234 g/mol. The number of hydrogen-bond acceptors (Lipinski definition) is 2. The molecule has 1 N–H and O–H groups in total. The minimum Gasteiger partial charge on any atom is -0.507 e. The molecule has 0 aliphatic rings. The molecule has 0 aromatic heterocycles. The summed E-state index contributed by atoms with van der Waals surface area (Å²) in [5, 5.41) is 9.67. The maximum atomic E-state index is 10.1. The van der Waals surface area contributed by atoms with E-state index in [4.69, 9.17) is 16.7 Å². The lowest BCUT2D eigenvalue weighted by molar-refractivity contribution is 0.112. The summed E-state index contributed by atoms with van der Waals surface area (Å²) in [6.45, 7) is 0. The minimum atomic E-state index is 0.0347. The van der Waals surface area contributed by atoms with Crippen molar-refractivity contribution in [2.75, 3.05) is 0 Å². The Bertz CT molecular complexity index is 441. The van der Waals surface area contributed by atoms with Crippen LogP contribution < -0.4 is 0 Å². The summed E-state index contributed by atoms with van der Waals surface area (Å²) in [6.07, 6.45) is 0.620. The van der Waals surface area contributed by atoms with E-state index < -0.39 is 0 Å². The lowest BCUT2D eigenvalue weighted by atomic mass is 10.2. The Hall–Kier alpha value is -1.80. The van der Waals surface area contributed by atoms with Crippen LogP contribution in [-0.4, -0.2) is 11.4 Å².